The third kappa shape index (κ3) is 5.95. The molecule has 1 unspecified atom stereocenters. The molecule has 0 aliphatic carbocycles. The van der Waals surface area contributed by atoms with Gasteiger partial charge in [-0.1, -0.05) is 19.1 Å². The number of allylic oxidation sites excluding steroid dienone is 1. The van der Waals surface area contributed by atoms with Gasteiger partial charge in [-0.05, 0) is 51.0 Å². The number of piperidine rings is 1. The number of likely N-dealkylation sites (tertiary alicyclic amines) is 1. The van der Waals surface area contributed by atoms with Crippen LogP contribution in [0, 0.1) is 18.7 Å². The summed E-state index contributed by atoms with van der Waals surface area (Å²) in [7, 11) is 0. The number of anilines is 1. The van der Waals surface area contributed by atoms with Crippen LogP contribution >= 0.6 is 0 Å². The minimum absolute atomic E-state index is 0.00413. The first kappa shape index (κ1) is 27.0. The van der Waals surface area contributed by atoms with Crippen molar-refractivity contribution in [2.24, 2.45) is 15.9 Å². The van der Waals surface area contributed by atoms with Gasteiger partial charge in [0.2, 0.25) is 5.95 Å². The molecule has 1 amide bonds. The van der Waals surface area contributed by atoms with E-state index in [0.29, 0.717) is 24.5 Å². The van der Waals surface area contributed by atoms with Gasteiger partial charge in [-0.25, -0.2) is 24.3 Å². The predicted molar refractivity (Wildman–Crippen MR) is 131 cm³/mol. The normalized spacial score (nSPS) is 19.0. The summed E-state index contributed by atoms with van der Waals surface area (Å²) < 4.78 is 53.4. The smallest absolute Gasteiger partial charge is 0.352 e. The summed E-state index contributed by atoms with van der Waals surface area (Å²) in [5, 5.41) is 2.94. The van der Waals surface area contributed by atoms with Crippen LogP contribution in [0.3, 0.4) is 0 Å². The third-order valence-corrected chi connectivity index (χ3v) is 6.12. The standard InChI is InChI=1S/C25H28F4N6O/c1-5-10-31-22(30-4)21-18(26)9-8-16(3)20(21)23(36)35-11-6-7-15(2)19(35)14-34-24-32-12-17(13-33-24)25(27,28)29/h5,8-10,12-13,15,19H,4,6-7,11,14H2,1-3H3,(H,32,33,34)/b10-5-,31-22-/t15-,19?/m1/s1. The van der Waals surface area contributed by atoms with Gasteiger partial charge in [0, 0.05) is 31.7 Å². The maximum absolute atomic E-state index is 15.0. The molecule has 2 aromatic rings. The maximum Gasteiger partial charge on any atom is 0.419 e. The number of nitrogens with zero attached hydrogens (tertiary/aromatic N) is 5. The molecule has 0 saturated carbocycles. The Balaban J connectivity index is 1.92. The first-order valence-electron chi connectivity index (χ1n) is 11.5. The number of hydrogen-bond donors (Lipinski definition) is 1. The highest BCUT2D eigenvalue weighted by molar-refractivity contribution is 6.11. The molecule has 1 N–H and O–H groups in total. The maximum atomic E-state index is 15.0. The second-order valence-electron chi connectivity index (χ2n) is 8.57. The molecule has 1 fully saturated rings. The topological polar surface area (TPSA) is 82.8 Å². The van der Waals surface area contributed by atoms with Crippen LogP contribution in [-0.4, -0.2) is 52.5 Å². The average Bonchev–Trinajstić information content (AvgIpc) is 2.85. The van der Waals surface area contributed by atoms with Crippen LogP contribution in [0.1, 0.15) is 53.7 Å². The number of rotatable bonds is 6. The Kier molecular flexibility index (Phi) is 8.54. The fraction of sp³-hybridized carbons (Fsp3) is 0.400. The monoisotopic (exact) mass is 504 g/mol. The predicted octanol–water partition coefficient (Wildman–Crippen LogP) is 5.28. The summed E-state index contributed by atoms with van der Waals surface area (Å²) in [6.45, 7) is 9.57. The Morgan fingerprint density at radius 3 is 2.58 bits per heavy atom. The Hall–Kier alpha value is -3.63. The van der Waals surface area contributed by atoms with E-state index in [9.17, 15) is 18.0 Å². The lowest BCUT2D eigenvalue weighted by molar-refractivity contribution is -0.138. The lowest BCUT2D eigenvalue weighted by atomic mass is 9.89. The number of alkyl halides is 3. The van der Waals surface area contributed by atoms with Gasteiger partial charge in [0.05, 0.1) is 22.7 Å². The van der Waals surface area contributed by atoms with E-state index in [0.717, 1.165) is 12.8 Å². The van der Waals surface area contributed by atoms with Gasteiger partial charge in [0.25, 0.3) is 5.91 Å². The highest BCUT2D eigenvalue weighted by Crippen LogP contribution is 2.30. The molecule has 36 heavy (non-hydrogen) atoms. The van der Waals surface area contributed by atoms with Crippen LogP contribution in [-0.2, 0) is 6.18 Å². The van der Waals surface area contributed by atoms with Crippen molar-refractivity contribution in [2.75, 3.05) is 18.4 Å². The number of hydrogen-bond acceptors (Lipinski definition) is 5. The van der Waals surface area contributed by atoms with Gasteiger partial charge in [-0.2, -0.15) is 13.2 Å². The molecule has 0 spiro atoms. The second kappa shape index (κ2) is 11.4. The highest BCUT2D eigenvalue weighted by atomic mass is 19.4. The van der Waals surface area contributed by atoms with Gasteiger partial charge in [0.1, 0.15) is 5.82 Å². The third-order valence-electron chi connectivity index (χ3n) is 6.12. The van der Waals surface area contributed by atoms with E-state index in [-0.39, 0.29) is 47.3 Å². The number of benzene rings is 1. The van der Waals surface area contributed by atoms with Crippen molar-refractivity contribution < 1.29 is 22.4 Å². The number of aryl methyl sites for hydroxylation is 1. The summed E-state index contributed by atoms with van der Waals surface area (Å²) in [4.78, 5) is 31.0. The Morgan fingerprint density at radius 2 is 1.97 bits per heavy atom. The molecule has 2 atom stereocenters. The van der Waals surface area contributed by atoms with Gasteiger partial charge in [-0.15, -0.1) is 0 Å². The quantitative estimate of drug-likeness (QED) is 0.330. The molecule has 7 nitrogen and oxygen atoms in total. The molecule has 3 rings (SSSR count). The first-order valence-corrected chi connectivity index (χ1v) is 11.5. The summed E-state index contributed by atoms with van der Waals surface area (Å²) in [6.07, 6.45) is 1.58. The molecule has 1 saturated heterocycles. The zero-order valence-corrected chi connectivity index (χ0v) is 20.3. The molecule has 192 valence electrons. The summed E-state index contributed by atoms with van der Waals surface area (Å²) in [6, 6.07) is 2.46. The van der Waals surface area contributed by atoms with E-state index < -0.39 is 17.6 Å². The van der Waals surface area contributed by atoms with Crippen LogP contribution in [0.2, 0.25) is 0 Å². The molecule has 1 aliphatic heterocycles. The molecule has 1 aromatic carbocycles. The van der Waals surface area contributed by atoms with Crippen molar-refractivity contribution >= 4 is 24.4 Å². The minimum atomic E-state index is -4.53. The van der Waals surface area contributed by atoms with Crippen LogP contribution in [0.4, 0.5) is 23.5 Å². The van der Waals surface area contributed by atoms with Crippen molar-refractivity contribution in [3.63, 3.8) is 0 Å². The molecule has 1 aromatic heterocycles. The lowest BCUT2D eigenvalue weighted by Crippen LogP contribution is -2.51. The van der Waals surface area contributed by atoms with Crippen LogP contribution in [0.25, 0.3) is 0 Å². The average molecular weight is 505 g/mol. The molecule has 0 radical (unpaired) electrons. The zero-order valence-electron chi connectivity index (χ0n) is 20.3. The molecular weight excluding hydrogens is 476 g/mol. The fourth-order valence-electron chi connectivity index (χ4n) is 4.22. The number of carbonyl (C=O) groups is 1. The summed E-state index contributed by atoms with van der Waals surface area (Å²) in [5.41, 5.74) is -0.264. The van der Waals surface area contributed by atoms with Crippen molar-refractivity contribution in [2.45, 2.75) is 45.8 Å². The van der Waals surface area contributed by atoms with Crippen LogP contribution in [0.5, 0.6) is 0 Å². The Labute approximate surface area is 207 Å². The van der Waals surface area contributed by atoms with E-state index in [1.54, 1.807) is 24.8 Å². The number of amidine groups is 1. The highest BCUT2D eigenvalue weighted by Gasteiger charge is 2.35. The number of aromatic nitrogens is 2. The summed E-state index contributed by atoms with van der Waals surface area (Å²) >= 11 is 0. The van der Waals surface area contributed by atoms with Crippen molar-refractivity contribution in [3.05, 3.63) is 64.9 Å². The molecule has 1 aliphatic rings. The van der Waals surface area contributed by atoms with Crippen molar-refractivity contribution in [1.82, 2.24) is 14.9 Å². The molecule has 11 heteroatoms. The molecular formula is C25H28F4N6O. The minimum Gasteiger partial charge on any atom is -0.352 e. The number of nitrogens with one attached hydrogen (secondary N) is 1. The summed E-state index contributed by atoms with van der Waals surface area (Å²) in [5.74, 6) is -0.943. The fourth-order valence-corrected chi connectivity index (χ4v) is 4.22. The van der Waals surface area contributed by atoms with Gasteiger partial charge < -0.3 is 10.2 Å². The number of carbonyl (C=O) groups excluding carboxylic acids is 1. The van der Waals surface area contributed by atoms with E-state index in [2.05, 4.69) is 32.0 Å². The lowest BCUT2D eigenvalue weighted by Gasteiger charge is -2.40. The van der Waals surface area contributed by atoms with Gasteiger partial charge >= 0.3 is 6.18 Å². The SMILES string of the molecule is C=N/C(=N\C=C/C)c1c(F)ccc(C)c1C(=O)N1CCC[C@@H](C)C1CNc1ncc(C(F)(F)F)cn1. The number of aliphatic imine (C=N–C) groups is 2. The van der Waals surface area contributed by atoms with E-state index in [1.165, 1.54) is 18.3 Å². The van der Waals surface area contributed by atoms with E-state index >= 15 is 4.39 Å². The van der Waals surface area contributed by atoms with Crippen molar-refractivity contribution in [3.8, 4) is 0 Å². The largest absolute Gasteiger partial charge is 0.419 e. The van der Waals surface area contributed by atoms with Gasteiger partial charge in [-0.3, -0.25) is 4.79 Å². The molecule has 0 bridgehead atoms. The second-order valence-corrected chi connectivity index (χ2v) is 8.57. The molecule has 2 heterocycles. The number of amides is 1. The Bertz CT molecular complexity index is 1160. The van der Waals surface area contributed by atoms with E-state index in [4.69, 9.17) is 0 Å². The van der Waals surface area contributed by atoms with Gasteiger partial charge in [0.15, 0.2) is 5.84 Å². The Morgan fingerprint density at radius 1 is 1.28 bits per heavy atom. The zero-order chi connectivity index (χ0) is 26.5. The number of halogens is 4. The van der Waals surface area contributed by atoms with E-state index in [1.807, 2.05) is 6.92 Å². The first-order chi connectivity index (χ1) is 17.1. The van der Waals surface area contributed by atoms with Crippen LogP contribution in [0.15, 0.2) is 46.8 Å². The van der Waals surface area contributed by atoms with Crippen LogP contribution < -0.4 is 5.32 Å². The van der Waals surface area contributed by atoms with Crippen molar-refractivity contribution in [1.29, 1.82) is 0 Å².